The Hall–Kier alpha value is -2.92. The van der Waals surface area contributed by atoms with Gasteiger partial charge in [0, 0.05) is 11.3 Å². The third kappa shape index (κ3) is 4.63. The van der Waals surface area contributed by atoms with Crippen LogP contribution in [-0.4, -0.2) is 18.5 Å². The highest BCUT2D eigenvalue weighted by atomic mass is 32.1. The van der Waals surface area contributed by atoms with E-state index >= 15 is 0 Å². The summed E-state index contributed by atoms with van der Waals surface area (Å²) >= 11 is 1.31. The Morgan fingerprint density at radius 3 is 2.52 bits per heavy atom. The first-order valence-electron chi connectivity index (χ1n) is 8.78. The van der Waals surface area contributed by atoms with Crippen LogP contribution in [0.5, 0.6) is 0 Å². The Bertz CT molecular complexity index is 944. The second-order valence-electron chi connectivity index (χ2n) is 6.16. The van der Waals surface area contributed by atoms with Crippen molar-refractivity contribution >= 4 is 28.9 Å². The van der Waals surface area contributed by atoms with Crippen LogP contribution in [0.15, 0.2) is 60.0 Å². The van der Waals surface area contributed by atoms with Crippen LogP contribution in [0.1, 0.15) is 27.7 Å². The van der Waals surface area contributed by atoms with Crippen molar-refractivity contribution in [2.75, 3.05) is 11.9 Å². The van der Waals surface area contributed by atoms with Gasteiger partial charge in [0.2, 0.25) is 0 Å². The van der Waals surface area contributed by atoms with Gasteiger partial charge in [-0.2, -0.15) is 0 Å². The van der Waals surface area contributed by atoms with Crippen molar-refractivity contribution in [3.8, 4) is 11.1 Å². The van der Waals surface area contributed by atoms with E-state index in [-0.39, 0.29) is 12.5 Å². The molecule has 0 aliphatic rings. The van der Waals surface area contributed by atoms with E-state index in [4.69, 9.17) is 4.74 Å². The second kappa shape index (κ2) is 8.64. The lowest BCUT2D eigenvalue weighted by atomic mass is 10.1. The zero-order valence-electron chi connectivity index (χ0n) is 15.3. The number of carbonyl (C=O) groups excluding carboxylic acids is 2. The van der Waals surface area contributed by atoms with Gasteiger partial charge < -0.3 is 10.1 Å². The minimum atomic E-state index is -0.487. The maximum Gasteiger partial charge on any atom is 0.349 e. The summed E-state index contributed by atoms with van der Waals surface area (Å²) in [6.45, 7) is 3.72. The molecule has 1 aromatic heterocycles. The van der Waals surface area contributed by atoms with Crippen LogP contribution in [0.2, 0.25) is 0 Å². The van der Waals surface area contributed by atoms with Gasteiger partial charge in [-0.1, -0.05) is 55.0 Å². The Balaban J connectivity index is 1.64. The molecule has 1 N–H and O–H groups in total. The predicted octanol–water partition coefficient (Wildman–Crippen LogP) is 5.08. The van der Waals surface area contributed by atoms with Crippen LogP contribution in [-0.2, 0) is 16.0 Å². The molecule has 1 heterocycles. The molecule has 0 saturated heterocycles. The van der Waals surface area contributed by atoms with Gasteiger partial charge >= 0.3 is 5.97 Å². The van der Waals surface area contributed by atoms with E-state index in [1.54, 1.807) is 0 Å². The van der Waals surface area contributed by atoms with E-state index in [2.05, 4.69) is 5.32 Å². The maximum atomic E-state index is 12.5. The molecule has 4 nitrogen and oxygen atoms in total. The van der Waals surface area contributed by atoms with Crippen LogP contribution in [0.25, 0.3) is 11.1 Å². The average Bonchev–Trinajstić information content (AvgIpc) is 3.17. The number of nitrogens with one attached hydrogen (secondary N) is 1. The summed E-state index contributed by atoms with van der Waals surface area (Å²) in [7, 11) is 0. The molecule has 0 fully saturated rings. The topological polar surface area (TPSA) is 55.4 Å². The summed E-state index contributed by atoms with van der Waals surface area (Å²) < 4.78 is 5.24. The first-order chi connectivity index (χ1) is 13.1. The zero-order chi connectivity index (χ0) is 19.2. The van der Waals surface area contributed by atoms with E-state index < -0.39 is 5.97 Å². The standard InChI is InChI=1S/C22H21NO3S/c1-3-16-6-4-5-7-19(16)23-20(24)14-26-22(25)21-18(12-13-27-21)17-10-8-15(2)9-11-17/h4-13H,3,14H2,1-2H3,(H,23,24). The summed E-state index contributed by atoms with van der Waals surface area (Å²) in [5.41, 5.74) is 4.72. The number of carbonyl (C=O) groups is 2. The number of amides is 1. The van der Waals surface area contributed by atoms with Crippen LogP contribution in [0.4, 0.5) is 5.69 Å². The fourth-order valence-corrected chi connectivity index (χ4v) is 3.57. The first kappa shape index (κ1) is 18.9. The highest BCUT2D eigenvalue weighted by Gasteiger charge is 2.17. The lowest BCUT2D eigenvalue weighted by molar-refractivity contribution is -0.119. The van der Waals surface area contributed by atoms with Crippen molar-refractivity contribution in [2.24, 2.45) is 0 Å². The van der Waals surface area contributed by atoms with Crippen molar-refractivity contribution in [1.82, 2.24) is 0 Å². The van der Waals surface area contributed by atoms with E-state index in [0.29, 0.717) is 4.88 Å². The molecule has 0 atom stereocenters. The van der Waals surface area contributed by atoms with Crippen LogP contribution < -0.4 is 5.32 Å². The molecular formula is C22H21NO3S. The van der Waals surface area contributed by atoms with Gasteiger partial charge in [-0.05, 0) is 42.0 Å². The molecule has 1 amide bonds. The van der Waals surface area contributed by atoms with Crippen molar-refractivity contribution < 1.29 is 14.3 Å². The summed E-state index contributed by atoms with van der Waals surface area (Å²) in [6, 6.07) is 17.4. The molecule has 2 aromatic carbocycles. The van der Waals surface area contributed by atoms with Gasteiger partial charge in [-0.25, -0.2) is 4.79 Å². The molecule has 27 heavy (non-hydrogen) atoms. The van der Waals surface area contributed by atoms with Crippen LogP contribution in [0, 0.1) is 6.92 Å². The minimum Gasteiger partial charge on any atom is -0.451 e. The number of hydrogen-bond acceptors (Lipinski definition) is 4. The fraction of sp³-hybridized carbons (Fsp3) is 0.182. The SMILES string of the molecule is CCc1ccccc1NC(=O)COC(=O)c1sccc1-c1ccc(C)cc1. The molecule has 3 rings (SSSR count). The number of aryl methyl sites for hydroxylation is 2. The third-order valence-electron chi connectivity index (χ3n) is 4.22. The molecule has 3 aromatic rings. The summed E-state index contributed by atoms with van der Waals surface area (Å²) in [6.07, 6.45) is 0.811. The molecule has 0 radical (unpaired) electrons. The third-order valence-corrected chi connectivity index (χ3v) is 5.11. The Morgan fingerprint density at radius 2 is 1.78 bits per heavy atom. The molecule has 0 aliphatic carbocycles. The van der Waals surface area contributed by atoms with Crippen molar-refractivity contribution in [3.63, 3.8) is 0 Å². The lowest BCUT2D eigenvalue weighted by Gasteiger charge is -2.10. The molecule has 5 heteroatoms. The Kier molecular flexibility index (Phi) is 6.04. The van der Waals surface area contributed by atoms with Crippen molar-refractivity contribution in [3.05, 3.63) is 76.0 Å². The lowest BCUT2D eigenvalue weighted by Crippen LogP contribution is -2.21. The van der Waals surface area contributed by atoms with E-state index in [9.17, 15) is 9.59 Å². The van der Waals surface area contributed by atoms with E-state index in [0.717, 1.165) is 34.4 Å². The molecule has 0 saturated carbocycles. The highest BCUT2D eigenvalue weighted by Crippen LogP contribution is 2.29. The molecule has 0 unspecified atom stereocenters. The smallest absolute Gasteiger partial charge is 0.349 e. The normalized spacial score (nSPS) is 10.4. The van der Waals surface area contributed by atoms with Gasteiger partial charge in [0.05, 0.1) is 0 Å². The van der Waals surface area contributed by atoms with E-state index in [1.807, 2.05) is 73.8 Å². The average molecular weight is 379 g/mol. The first-order valence-corrected chi connectivity index (χ1v) is 9.66. The summed E-state index contributed by atoms with van der Waals surface area (Å²) in [5, 5.41) is 4.65. The zero-order valence-corrected chi connectivity index (χ0v) is 16.1. The second-order valence-corrected chi connectivity index (χ2v) is 7.08. The number of esters is 1. The summed E-state index contributed by atoms with van der Waals surface area (Å²) in [5.74, 6) is -0.836. The van der Waals surface area contributed by atoms with Gasteiger partial charge in [-0.15, -0.1) is 11.3 Å². The number of para-hydroxylation sites is 1. The maximum absolute atomic E-state index is 12.5. The molecular weight excluding hydrogens is 358 g/mol. The molecule has 138 valence electrons. The number of ether oxygens (including phenoxy) is 1. The molecule has 0 bridgehead atoms. The van der Waals surface area contributed by atoms with Crippen molar-refractivity contribution in [2.45, 2.75) is 20.3 Å². The monoisotopic (exact) mass is 379 g/mol. The summed E-state index contributed by atoms with van der Waals surface area (Å²) in [4.78, 5) is 25.1. The number of rotatable bonds is 6. The quantitative estimate of drug-likeness (QED) is 0.608. The Morgan fingerprint density at radius 1 is 1.04 bits per heavy atom. The largest absolute Gasteiger partial charge is 0.451 e. The van der Waals surface area contributed by atoms with E-state index in [1.165, 1.54) is 11.3 Å². The van der Waals surface area contributed by atoms with Crippen LogP contribution in [0.3, 0.4) is 0 Å². The van der Waals surface area contributed by atoms with Gasteiger partial charge in [0.25, 0.3) is 5.91 Å². The van der Waals surface area contributed by atoms with Crippen LogP contribution >= 0.6 is 11.3 Å². The molecule has 0 spiro atoms. The van der Waals surface area contributed by atoms with Gasteiger partial charge in [-0.3, -0.25) is 4.79 Å². The number of benzene rings is 2. The number of anilines is 1. The molecule has 0 aliphatic heterocycles. The predicted molar refractivity (Wildman–Crippen MR) is 109 cm³/mol. The number of thiophene rings is 1. The van der Waals surface area contributed by atoms with Crippen molar-refractivity contribution in [1.29, 1.82) is 0 Å². The minimum absolute atomic E-state index is 0.317. The number of hydrogen-bond donors (Lipinski definition) is 1. The Labute approximate surface area is 162 Å². The fourth-order valence-electron chi connectivity index (χ4n) is 2.76. The van der Waals surface area contributed by atoms with Gasteiger partial charge in [0.15, 0.2) is 6.61 Å². The van der Waals surface area contributed by atoms with Gasteiger partial charge in [0.1, 0.15) is 4.88 Å². The highest BCUT2D eigenvalue weighted by molar-refractivity contribution is 7.12.